The van der Waals surface area contributed by atoms with Crippen LogP contribution in [0.5, 0.6) is 0 Å². The van der Waals surface area contributed by atoms with Crippen LogP contribution in [0.1, 0.15) is 24.8 Å². The third kappa shape index (κ3) is 6.84. The molecule has 1 fully saturated rings. The van der Waals surface area contributed by atoms with E-state index in [1.807, 2.05) is 37.4 Å². The van der Waals surface area contributed by atoms with Crippen molar-refractivity contribution in [1.82, 2.24) is 15.5 Å². The van der Waals surface area contributed by atoms with Crippen LogP contribution in [0.15, 0.2) is 35.3 Å². The molecule has 150 valence electrons. The second-order valence-electron chi connectivity index (χ2n) is 7.11. The van der Waals surface area contributed by atoms with E-state index in [1.165, 1.54) is 0 Å². The van der Waals surface area contributed by atoms with Gasteiger partial charge in [-0.15, -0.1) is 0 Å². The standard InChI is InChI=1S/C20H32N4O3/c1-21-19(23-15-20(9-12-25)10-13-27-16-20)22-11-8-18(26)24(2)14-17-6-4-3-5-7-17/h3-7,25H,8-16H2,1-2H3,(H2,21,22,23). The van der Waals surface area contributed by atoms with Crippen molar-refractivity contribution in [2.45, 2.75) is 25.8 Å². The van der Waals surface area contributed by atoms with Crippen LogP contribution >= 0.6 is 0 Å². The molecule has 2 rings (SSSR count). The first-order valence-corrected chi connectivity index (χ1v) is 9.49. The summed E-state index contributed by atoms with van der Waals surface area (Å²) < 4.78 is 5.51. The molecular weight excluding hydrogens is 344 g/mol. The molecule has 1 aromatic rings. The summed E-state index contributed by atoms with van der Waals surface area (Å²) >= 11 is 0. The highest BCUT2D eigenvalue weighted by atomic mass is 16.5. The van der Waals surface area contributed by atoms with Gasteiger partial charge in [0.05, 0.1) is 6.61 Å². The summed E-state index contributed by atoms with van der Waals surface area (Å²) in [6, 6.07) is 9.95. The minimum atomic E-state index is -0.0436. The summed E-state index contributed by atoms with van der Waals surface area (Å²) in [5, 5.41) is 15.8. The number of hydrogen-bond acceptors (Lipinski definition) is 4. The molecule has 0 aliphatic carbocycles. The third-order valence-electron chi connectivity index (χ3n) is 5.00. The minimum Gasteiger partial charge on any atom is -0.396 e. The van der Waals surface area contributed by atoms with Gasteiger partial charge >= 0.3 is 0 Å². The molecule has 0 saturated carbocycles. The van der Waals surface area contributed by atoms with E-state index in [4.69, 9.17) is 4.74 Å². The highest BCUT2D eigenvalue weighted by Crippen LogP contribution is 2.31. The highest BCUT2D eigenvalue weighted by molar-refractivity contribution is 5.81. The molecule has 1 amide bonds. The lowest BCUT2D eigenvalue weighted by Gasteiger charge is -2.27. The molecule has 1 aliphatic rings. The smallest absolute Gasteiger partial charge is 0.224 e. The molecule has 1 aliphatic heterocycles. The summed E-state index contributed by atoms with van der Waals surface area (Å²) in [6.45, 7) is 3.35. The molecule has 0 bridgehead atoms. The first kappa shape index (κ1) is 21.2. The Morgan fingerprint density at radius 2 is 2.11 bits per heavy atom. The van der Waals surface area contributed by atoms with Crippen molar-refractivity contribution < 1.29 is 14.6 Å². The Hall–Kier alpha value is -2.12. The molecule has 27 heavy (non-hydrogen) atoms. The fourth-order valence-corrected chi connectivity index (χ4v) is 3.23. The molecule has 1 unspecified atom stereocenters. The van der Waals surface area contributed by atoms with Crippen molar-refractivity contribution in [3.8, 4) is 0 Å². The molecule has 1 saturated heterocycles. The van der Waals surface area contributed by atoms with E-state index in [-0.39, 0.29) is 17.9 Å². The second kappa shape index (κ2) is 10.9. The third-order valence-corrected chi connectivity index (χ3v) is 5.00. The lowest BCUT2D eigenvalue weighted by Crippen LogP contribution is -2.45. The number of aliphatic imine (C=N–C) groups is 1. The Kier molecular flexibility index (Phi) is 8.54. The molecule has 0 spiro atoms. The largest absolute Gasteiger partial charge is 0.396 e. The highest BCUT2D eigenvalue weighted by Gasteiger charge is 2.34. The van der Waals surface area contributed by atoms with Gasteiger partial charge in [0.15, 0.2) is 5.96 Å². The van der Waals surface area contributed by atoms with E-state index in [2.05, 4.69) is 15.6 Å². The van der Waals surface area contributed by atoms with Crippen molar-refractivity contribution in [2.75, 3.05) is 47.0 Å². The Morgan fingerprint density at radius 1 is 1.33 bits per heavy atom. The zero-order valence-corrected chi connectivity index (χ0v) is 16.4. The number of nitrogens with one attached hydrogen (secondary N) is 2. The average molecular weight is 377 g/mol. The molecule has 0 radical (unpaired) electrons. The lowest BCUT2D eigenvalue weighted by atomic mass is 9.84. The van der Waals surface area contributed by atoms with Crippen molar-refractivity contribution in [3.05, 3.63) is 35.9 Å². The Labute approximate surface area is 161 Å². The normalized spacial score (nSPS) is 19.7. The Balaban J connectivity index is 1.71. The first-order chi connectivity index (χ1) is 13.1. The number of hydrogen-bond donors (Lipinski definition) is 3. The molecule has 7 heteroatoms. The monoisotopic (exact) mass is 376 g/mol. The van der Waals surface area contributed by atoms with Gasteiger partial charge in [-0.1, -0.05) is 30.3 Å². The van der Waals surface area contributed by atoms with E-state index in [1.54, 1.807) is 11.9 Å². The maximum atomic E-state index is 12.3. The van der Waals surface area contributed by atoms with Crippen LogP contribution < -0.4 is 10.6 Å². The van der Waals surface area contributed by atoms with E-state index >= 15 is 0 Å². The number of aliphatic hydroxyl groups is 1. The molecule has 1 heterocycles. The molecular formula is C20H32N4O3. The number of carbonyl (C=O) groups excluding carboxylic acids is 1. The molecule has 1 aromatic carbocycles. The number of guanidine groups is 1. The van der Waals surface area contributed by atoms with Crippen LogP contribution in [0.25, 0.3) is 0 Å². The fourth-order valence-electron chi connectivity index (χ4n) is 3.23. The summed E-state index contributed by atoms with van der Waals surface area (Å²) in [4.78, 5) is 18.3. The SMILES string of the molecule is CN=C(NCCC(=O)N(C)Cc1ccccc1)NCC1(CCO)CCOC1. The first-order valence-electron chi connectivity index (χ1n) is 9.49. The zero-order chi connectivity index (χ0) is 19.5. The quantitative estimate of drug-likeness (QED) is 0.442. The number of rotatable bonds is 9. The van der Waals surface area contributed by atoms with Crippen molar-refractivity contribution in [1.29, 1.82) is 0 Å². The van der Waals surface area contributed by atoms with E-state index in [0.29, 0.717) is 45.0 Å². The topological polar surface area (TPSA) is 86.2 Å². The molecule has 3 N–H and O–H groups in total. The van der Waals surface area contributed by atoms with Crippen LogP contribution in [0.3, 0.4) is 0 Å². The maximum absolute atomic E-state index is 12.3. The van der Waals surface area contributed by atoms with E-state index < -0.39 is 0 Å². The predicted molar refractivity (Wildman–Crippen MR) is 106 cm³/mol. The van der Waals surface area contributed by atoms with Gasteiger partial charge in [-0.2, -0.15) is 0 Å². The van der Waals surface area contributed by atoms with Crippen molar-refractivity contribution >= 4 is 11.9 Å². The number of nitrogens with zero attached hydrogens (tertiary/aromatic N) is 2. The van der Waals surface area contributed by atoms with Crippen LogP contribution in [0, 0.1) is 5.41 Å². The van der Waals surface area contributed by atoms with Crippen LogP contribution in [0.4, 0.5) is 0 Å². The molecule has 0 aromatic heterocycles. The average Bonchev–Trinajstić information content (AvgIpc) is 3.14. The number of benzene rings is 1. The molecule has 7 nitrogen and oxygen atoms in total. The summed E-state index contributed by atoms with van der Waals surface area (Å²) in [5.41, 5.74) is 1.07. The van der Waals surface area contributed by atoms with Gasteiger partial charge in [-0.05, 0) is 18.4 Å². The number of aliphatic hydroxyl groups excluding tert-OH is 1. The maximum Gasteiger partial charge on any atom is 0.224 e. The van der Waals surface area contributed by atoms with Gasteiger partial charge < -0.3 is 25.4 Å². The number of ether oxygens (including phenoxy) is 1. The van der Waals surface area contributed by atoms with Gasteiger partial charge in [0.25, 0.3) is 0 Å². The second-order valence-corrected chi connectivity index (χ2v) is 7.11. The predicted octanol–water partition coefficient (Wildman–Crippen LogP) is 0.989. The Morgan fingerprint density at radius 3 is 2.74 bits per heavy atom. The Bertz CT molecular complexity index is 601. The fraction of sp³-hybridized carbons (Fsp3) is 0.600. The molecule has 1 atom stereocenters. The van der Waals surface area contributed by atoms with Gasteiger partial charge in [0.2, 0.25) is 5.91 Å². The lowest BCUT2D eigenvalue weighted by molar-refractivity contribution is -0.130. The summed E-state index contributed by atoms with van der Waals surface area (Å²) in [7, 11) is 3.53. The number of amides is 1. The van der Waals surface area contributed by atoms with Crippen LogP contribution in [-0.4, -0.2) is 68.9 Å². The van der Waals surface area contributed by atoms with Gasteiger partial charge in [-0.25, -0.2) is 0 Å². The van der Waals surface area contributed by atoms with Gasteiger partial charge in [-0.3, -0.25) is 9.79 Å². The zero-order valence-electron chi connectivity index (χ0n) is 16.4. The minimum absolute atomic E-state index is 0.0436. The van der Waals surface area contributed by atoms with Crippen molar-refractivity contribution in [2.24, 2.45) is 10.4 Å². The summed E-state index contributed by atoms with van der Waals surface area (Å²) in [5.74, 6) is 0.750. The van der Waals surface area contributed by atoms with Crippen molar-refractivity contribution in [3.63, 3.8) is 0 Å². The van der Waals surface area contributed by atoms with E-state index in [0.717, 1.165) is 18.6 Å². The van der Waals surface area contributed by atoms with Crippen LogP contribution in [0.2, 0.25) is 0 Å². The van der Waals surface area contributed by atoms with Crippen LogP contribution in [-0.2, 0) is 16.1 Å². The van der Waals surface area contributed by atoms with Gasteiger partial charge in [0.1, 0.15) is 0 Å². The van der Waals surface area contributed by atoms with Gasteiger partial charge in [0, 0.05) is 58.8 Å². The summed E-state index contributed by atoms with van der Waals surface area (Å²) in [6.07, 6.45) is 2.04. The van der Waals surface area contributed by atoms with E-state index in [9.17, 15) is 9.90 Å². The number of carbonyl (C=O) groups is 1.